The summed E-state index contributed by atoms with van der Waals surface area (Å²) < 4.78 is 16.6. The van der Waals surface area contributed by atoms with E-state index < -0.39 is 0 Å². The maximum absolute atomic E-state index is 12.4. The number of azo groups is 1. The van der Waals surface area contributed by atoms with Crippen LogP contribution in [-0.2, 0) is 4.74 Å². The SMILES string of the molecule is [O-][N+]1=Nc2ccccc2OCCOCCOc2ccccc21. The minimum Gasteiger partial charge on any atom is -0.594 e. The number of ether oxygens (including phenoxy) is 3. The van der Waals surface area contributed by atoms with Crippen molar-refractivity contribution in [2.45, 2.75) is 0 Å². The molecule has 0 atom stereocenters. The monoisotopic (exact) mass is 300 g/mol. The molecule has 3 rings (SSSR count). The van der Waals surface area contributed by atoms with Crippen molar-refractivity contribution in [3.05, 3.63) is 53.7 Å². The zero-order valence-electron chi connectivity index (χ0n) is 12.0. The molecule has 0 fully saturated rings. The molecule has 0 aliphatic carbocycles. The molecule has 1 aliphatic rings. The largest absolute Gasteiger partial charge is 0.594 e. The fraction of sp³-hybridized carbons (Fsp3) is 0.250. The molecule has 0 saturated carbocycles. The molecule has 0 unspecified atom stereocenters. The first kappa shape index (κ1) is 14.3. The van der Waals surface area contributed by atoms with E-state index in [0.29, 0.717) is 54.2 Å². The van der Waals surface area contributed by atoms with E-state index in [1.807, 2.05) is 12.1 Å². The predicted molar refractivity (Wildman–Crippen MR) is 80.1 cm³/mol. The molecule has 6 nitrogen and oxygen atoms in total. The molecule has 0 amide bonds. The van der Waals surface area contributed by atoms with Gasteiger partial charge in [-0.1, -0.05) is 24.3 Å². The second kappa shape index (κ2) is 6.91. The molecular formula is C16H16N2O4. The Labute approximate surface area is 128 Å². The summed E-state index contributed by atoms with van der Waals surface area (Å²) in [6.07, 6.45) is 0. The first-order valence-electron chi connectivity index (χ1n) is 7.05. The van der Waals surface area contributed by atoms with Gasteiger partial charge in [0.05, 0.1) is 13.2 Å². The Balaban J connectivity index is 2.01. The van der Waals surface area contributed by atoms with Gasteiger partial charge in [0.2, 0.25) is 0 Å². The van der Waals surface area contributed by atoms with Crippen LogP contribution in [0.5, 0.6) is 11.5 Å². The van der Waals surface area contributed by atoms with Crippen molar-refractivity contribution < 1.29 is 19.1 Å². The lowest BCUT2D eigenvalue weighted by Gasteiger charge is -2.08. The van der Waals surface area contributed by atoms with E-state index in [1.54, 1.807) is 36.4 Å². The van der Waals surface area contributed by atoms with E-state index in [2.05, 4.69) is 5.11 Å². The predicted octanol–water partition coefficient (Wildman–Crippen LogP) is 3.40. The van der Waals surface area contributed by atoms with Crippen molar-refractivity contribution in [3.8, 4) is 11.5 Å². The van der Waals surface area contributed by atoms with Gasteiger partial charge in [-0.25, -0.2) is 0 Å². The summed E-state index contributed by atoms with van der Waals surface area (Å²) in [6, 6.07) is 14.1. The highest BCUT2D eigenvalue weighted by molar-refractivity contribution is 5.51. The molecule has 1 aliphatic heterocycles. The molecule has 0 bridgehead atoms. The van der Waals surface area contributed by atoms with Crippen molar-refractivity contribution in [3.63, 3.8) is 0 Å². The van der Waals surface area contributed by atoms with Crippen LogP contribution in [0.3, 0.4) is 0 Å². The number of hydrogen-bond donors (Lipinski definition) is 0. The van der Waals surface area contributed by atoms with E-state index in [9.17, 15) is 5.21 Å². The van der Waals surface area contributed by atoms with Gasteiger partial charge in [-0.2, -0.15) is 0 Å². The average molecular weight is 300 g/mol. The Kier molecular flexibility index (Phi) is 4.50. The van der Waals surface area contributed by atoms with Crippen LogP contribution < -0.4 is 9.47 Å². The number of para-hydroxylation sites is 3. The van der Waals surface area contributed by atoms with Gasteiger partial charge >= 0.3 is 0 Å². The van der Waals surface area contributed by atoms with Gasteiger partial charge in [0, 0.05) is 11.2 Å². The molecule has 0 radical (unpaired) electrons. The summed E-state index contributed by atoms with van der Waals surface area (Å²) in [5.41, 5.74) is 0.808. The summed E-state index contributed by atoms with van der Waals surface area (Å²) in [6.45, 7) is 1.62. The lowest BCUT2D eigenvalue weighted by Crippen LogP contribution is -2.12. The summed E-state index contributed by atoms with van der Waals surface area (Å²) in [5.74, 6) is 1.02. The average Bonchev–Trinajstić information content (AvgIpc) is 2.56. The van der Waals surface area contributed by atoms with Gasteiger partial charge in [-0.05, 0) is 23.1 Å². The quantitative estimate of drug-likeness (QED) is 0.552. The minimum atomic E-state index is 0.344. The Morgan fingerprint density at radius 3 is 2.27 bits per heavy atom. The molecule has 22 heavy (non-hydrogen) atoms. The van der Waals surface area contributed by atoms with E-state index in [-0.39, 0.29) is 0 Å². The Morgan fingerprint density at radius 2 is 1.45 bits per heavy atom. The highest BCUT2D eigenvalue weighted by Crippen LogP contribution is 2.31. The number of benzene rings is 2. The van der Waals surface area contributed by atoms with Crippen LogP contribution in [0.2, 0.25) is 0 Å². The van der Waals surface area contributed by atoms with Crippen molar-refractivity contribution >= 4 is 11.4 Å². The summed E-state index contributed by atoms with van der Waals surface area (Å²) >= 11 is 0. The number of nitrogens with zero attached hydrogens (tertiary/aromatic N) is 2. The first-order chi connectivity index (χ1) is 10.8. The smallest absolute Gasteiger partial charge is 0.286 e. The topological polar surface area (TPSA) is 66.1 Å². The molecular weight excluding hydrogens is 284 g/mol. The van der Waals surface area contributed by atoms with Crippen LogP contribution in [0.4, 0.5) is 11.4 Å². The Morgan fingerprint density at radius 1 is 0.818 bits per heavy atom. The molecule has 1 heterocycles. The van der Waals surface area contributed by atoms with E-state index in [1.165, 1.54) is 0 Å². The van der Waals surface area contributed by atoms with Crippen molar-refractivity contribution in [1.29, 1.82) is 0 Å². The first-order valence-corrected chi connectivity index (χ1v) is 7.05. The third-order valence-electron chi connectivity index (χ3n) is 3.11. The summed E-state index contributed by atoms with van der Waals surface area (Å²) in [4.78, 5) is 0.552. The third-order valence-corrected chi connectivity index (χ3v) is 3.11. The minimum absolute atomic E-state index is 0.344. The molecule has 0 spiro atoms. The summed E-state index contributed by atoms with van der Waals surface area (Å²) in [5, 5.41) is 16.4. The van der Waals surface area contributed by atoms with Gasteiger partial charge in [0.25, 0.3) is 5.69 Å². The zero-order chi connectivity index (χ0) is 15.2. The standard InChI is InChI=1S/C16H16N2O4/c19-18-14-6-2-4-8-16(14)22-12-10-20-9-11-21-15-7-3-1-5-13(15)17-18/h1-8H,9-12H2. The second-order valence-corrected chi connectivity index (χ2v) is 4.62. The van der Waals surface area contributed by atoms with Gasteiger partial charge in [-0.3, -0.25) is 0 Å². The fourth-order valence-electron chi connectivity index (χ4n) is 2.07. The number of fused-ring (bicyclic) bond motifs is 2. The highest BCUT2D eigenvalue weighted by atomic mass is 16.5. The molecule has 2 aromatic rings. The zero-order valence-corrected chi connectivity index (χ0v) is 12.0. The van der Waals surface area contributed by atoms with E-state index >= 15 is 0 Å². The van der Waals surface area contributed by atoms with Crippen LogP contribution in [-0.4, -0.2) is 31.3 Å². The molecule has 0 saturated heterocycles. The number of hydrogen-bond acceptors (Lipinski definition) is 5. The van der Waals surface area contributed by atoms with Crippen molar-refractivity contribution in [2.24, 2.45) is 5.11 Å². The summed E-state index contributed by atoms with van der Waals surface area (Å²) in [7, 11) is 0. The van der Waals surface area contributed by atoms with Gasteiger partial charge < -0.3 is 19.4 Å². The molecule has 6 heteroatoms. The molecule has 114 valence electrons. The number of rotatable bonds is 0. The van der Waals surface area contributed by atoms with Crippen LogP contribution >= 0.6 is 0 Å². The van der Waals surface area contributed by atoms with Gasteiger partial charge in [0.15, 0.2) is 17.2 Å². The van der Waals surface area contributed by atoms with Crippen LogP contribution in [0, 0.1) is 5.21 Å². The lowest BCUT2D eigenvalue weighted by molar-refractivity contribution is -0.436. The Hall–Kier alpha value is -2.60. The molecule has 0 aromatic heterocycles. The maximum atomic E-state index is 12.4. The van der Waals surface area contributed by atoms with Crippen LogP contribution in [0.15, 0.2) is 53.6 Å². The second-order valence-electron chi connectivity index (χ2n) is 4.62. The maximum Gasteiger partial charge on any atom is 0.286 e. The van der Waals surface area contributed by atoms with Crippen LogP contribution in [0.25, 0.3) is 0 Å². The van der Waals surface area contributed by atoms with Gasteiger partial charge in [0.1, 0.15) is 13.2 Å². The van der Waals surface area contributed by atoms with Crippen LogP contribution in [0.1, 0.15) is 0 Å². The van der Waals surface area contributed by atoms with E-state index in [0.717, 1.165) is 0 Å². The lowest BCUT2D eigenvalue weighted by atomic mass is 10.3. The van der Waals surface area contributed by atoms with Crippen molar-refractivity contribution in [2.75, 3.05) is 26.4 Å². The third kappa shape index (κ3) is 3.35. The highest BCUT2D eigenvalue weighted by Gasteiger charge is 2.15. The Bertz CT molecular complexity index is 673. The fourth-order valence-corrected chi connectivity index (χ4v) is 2.07. The normalized spacial score (nSPS) is 15.5. The van der Waals surface area contributed by atoms with E-state index in [4.69, 9.17) is 14.2 Å². The van der Waals surface area contributed by atoms with Gasteiger partial charge in [-0.15, -0.1) is 0 Å². The molecule has 2 aromatic carbocycles. The van der Waals surface area contributed by atoms with Crippen molar-refractivity contribution in [1.82, 2.24) is 0 Å². The molecule has 0 N–H and O–H groups in total.